The number of pyridine rings is 1. The number of hydrogen-bond donors (Lipinski definition) is 1. The van der Waals surface area contributed by atoms with E-state index in [1.807, 2.05) is 62.4 Å². The average Bonchev–Trinajstić information content (AvgIpc) is 2.81. The van der Waals surface area contributed by atoms with E-state index in [0.717, 1.165) is 39.2 Å². The van der Waals surface area contributed by atoms with Crippen molar-refractivity contribution >= 4 is 34.5 Å². The number of methoxy groups -OCH3 is 1. The van der Waals surface area contributed by atoms with E-state index in [0.29, 0.717) is 11.6 Å². The van der Waals surface area contributed by atoms with Gasteiger partial charge in [-0.1, -0.05) is 6.07 Å². The molecule has 160 valence electrons. The summed E-state index contributed by atoms with van der Waals surface area (Å²) in [6.07, 6.45) is 6.30. The Hall–Kier alpha value is -4.26. The highest BCUT2D eigenvalue weighted by atomic mass is 16.5. The summed E-state index contributed by atoms with van der Waals surface area (Å²) < 4.78 is 10.6. The molecule has 0 bridgehead atoms. The maximum atomic E-state index is 11.4. The van der Waals surface area contributed by atoms with E-state index in [9.17, 15) is 4.79 Å². The van der Waals surface area contributed by atoms with Gasteiger partial charge in [0.1, 0.15) is 23.6 Å². The molecular weight excluding hydrogens is 404 g/mol. The van der Waals surface area contributed by atoms with Crippen molar-refractivity contribution < 1.29 is 14.3 Å². The predicted molar refractivity (Wildman–Crippen MR) is 124 cm³/mol. The van der Waals surface area contributed by atoms with Gasteiger partial charge in [0.15, 0.2) is 0 Å². The second-order valence-electron chi connectivity index (χ2n) is 7.20. The lowest BCUT2D eigenvalue weighted by Crippen LogP contribution is -1.97. The van der Waals surface area contributed by atoms with Gasteiger partial charge in [-0.3, -0.25) is 4.98 Å². The third kappa shape index (κ3) is 4.89. The van der Waals surface area contributed by atoms with Crippen LogP contribution in [0.3, 0.4) is 0 Å². The normalized spacial score (nSPS) is 11.0. The van der Waals surface area contributed by atoms with Crippen molar-refractivity contribution in [2.24, 2.45) is 0 Å². The first kappa shape index (κ1) is 21.0. The second-order valence-corrected chi connectivity index (χ2v) is 7.20. The Labute approximate surface area is 185 Å². The van der Waals surface area contributed by atoms with Gasteiger partial charge in [0.2, 0.25) is 0 Å². The summed E-state index contributed by atoms with van der Waals surface area (Å²) in [5.74, 6) is 1.70. The first-order valence-corrected chi connectivity index (χ1v) is 10.0. The minimum absolute atomic E-state index is 0.410. The monoisotopic (exact) mass is 426 g/mol. The lowest BCUT2D eigenvalue weighted by atomic mass is 10.1. The fourth-order valence-corrected chi connectivity index (χ4v) is 3.13. The minimum Gasteiger partial charge on any atom is -0.466 e. The van der Waals surface area contributed by atoms with Gasteiger partial charge in [-0.2, -0.15) is 0 Å². The Kier molecular flexibility index (Phi) is 6.07. The lowest BCUT2D eigenvalue weighted by Gasteiger charge is -2.12. The lowest BCUT2D eigenvalue weighted by molar-refractivity contribution is -0.134. The van der Waals surface area contributed by atoms with Crippen molar-refractivity contribution in [3.8, 4) is 11.5 Å². The molecule has 7 nitrogen and oxygen atoms in total. The number of rotatable bonds is 6. The van der Waals surface area contributed by atoms with Crippen LogP contribution in [0.4, 0.5) is 11.5 Å². The summed E-state index contributed by atoms with van der Waals surface area (Å²) in [5, 5.41) is 4.19. The number of ether oxygens (including phenoxy) is 2. The molecule has 0 spiro atoms. The van der Waals surface area contributed by atoms with Gasteiger partial charge in [0.25, 0.3) is 0 Å². The quantitative estimate of drug-likeness (QED) is 0.328. The van der Waals surface area contributed by atoms with Crippen LogP contribution in [0.1, 0.15) is 16.8 Å². The highest BCUT2D eigenvalue weighted by Gasteiger charge is 2.08. The summed E-state index contributed by atoms with van der Waals surface area (Å²) in [5.41, 5.74) is 4.41. The summed E-state index contributed by atoms with van der Waals surface area (Å²) in [7, 11) is 1.35. The van der Waals surface area contributed by atoms with E-state index in [1.165, 1.54) is 19.5 Å². The van der Waals surface area contributed by atoms with Crippen molar-refractivity contribution in [1.82, 2.24) is 15.0 Å². The second kappa shape index (κ2) is 9.26. The smallest absolute Gasteiger partial charge is 0.330 e. The van der Waals surface area contributed by atoms with E-state index in [4.69, 9.17) is 4.74 Å². The highest BCUT2D eigenvalue weighted by Crippen LogP contribution is 2.30. The van der Waals surface area contributed by atoms with Crippen LogP contribution in [0.15, 0.2) is 67.1 Å². The van der Waals surface area contributed by atoms with Crippen molar-refractivity contribution in [2.45, 2.75) is 13.8 Å². The molecule has 0 atom stereocenters. The van der Waals surface area contributed by atoms with Crippen LogP contribution in [0.25, 0.3) is 17.0 Å². The molecule has 0 radical (unpaired) electrons. The number of benzene rings is 2. The van der Waals surface area contributed by atoms with E-state index < -0.39 is 5.97 Å². The molecule has 0 fully saturated rings. The molecule has 0 aliphatic carbocycles. The summed E-state index contributed by atoms with van der Waals surface area (Å²) >= 11 is 0. The molecule has 4 aromatic rings. The fraction of sp³-hybridized carbons (Fsp3) is 0.120. The summed E-state index contributed by atoms with van der Waals surface area (Å²) in [6, 6.07) is 15.3. The van der Waals surface area contributed by atoms with Crippen molar-refractivity contribution in [1.29, 1.82) is 0 Å². The molecule has 0 saturated carbocycles. The molecule has 0 aliphatic heterocycles. The van der Waals surface area contributed by atoms with Gasteiger partial charge in [-0.25, -0.2) is 14.8 Å². The van der Waals surface area contributed by atoms with Crippen molar-refractivity contribution in [3.63, 3.8) is 0 Å². The van der Waals surface area contributed by atoms with Crippen LogP contribution < -0.4 is 10.1 Å². The van der Waals surface area contributed by atoms with Gasteiger partial charge < -0.3 is 14.8 Å². The number of aryl methyl sites for hydroxylation is 2. The Morgan fingerprint density at radius 3 is 2.62 bits per heavy atom. The maximum absolute atomic E-state index is 11.4. The predicted octanol–water partition coefficient (Wildman–Crippen LogP) is 5.36. The Bertz CT molecular complexity index is 1300. The molecule has 0 saturated heterocycles. The first-order valence-electron chi connectivity index (χ1n) is 10.0. The molecule has 7 heteroatoms. The third-order valence-corrected chi connectivity index (χ3v) is 4.82. The molecular formula is C25H22N4O3. The number of fused-ring (bicyclic) bond motifs is 1. The molecule has 32 heavy (non-hydrogen) atoms. The number of carbonyl (C=O) groups is 1. The molecule has 2 heterocycles. The molecule has 2 aromatic carbocycles. The molecule has 0 amide bonds. The van der Waals surface area contributed by atoms with Crippen LogP contribution in [0.2, 0.25) is 0 Å². The highest BCUT2D eigenvalue weighted by molar-refractivity contribution is 5.93. The van der Waals surface area contributed by atoms with E-state index in [1.54, 1.807) is 12.3 Å². The molecule has 1 N–H and O–H groups in total. The number of anilines is 2. The van der Waals surface area contributed by atoms with Crippen molar-refractivity contribution in [2.75, 3.05) is 12.4 Å². The average molecular weight is 426 g/mol. The van der Waals surface area contributed by atoms with Gasteiger partial charge in [-0.15, -0.1) is 0 Å². The standard InChI is InChI=1S/C25H22N4O3/c1-16-12-19(7-10-23(16)32-20-8-4-17(2)26-14-20)29-25-21-13-18(6-11-24(30)31-3)5-9-22(21)27-15-28-25/h4-15H,1-3H3,(H,27,28,29). The Morgan fingerprint density at radius 1 is 1.00 bits per heavy atom. The number of nitrogens with zero attached hydrogens (tertiary/aromatic N) is 3. The SMILES string of the molecule is COC(=O)C=Cc1ccc2ncnc(Nc3ccc(Oc4ccc(C)nc4)c(C)c3)c2c1. The van der Waals surface area contributed by atoms with E-state index >= 15 is 0 Å². The number of nitrogens with one attached hydrogen (secondary N) is 1. The van der Waals surface area contributed by atoms with Crippen LogP contribution in [-0.4, -0.2) is 28.0 Å². The van der Waals surface area contributed by atoms with E-state index in [-0.39, 0.29) is 0 Å². The molecule has 0 aliphatic rings. The number of carbonyl (C=O) groups excluding carboxylic acids is 1. The van der Waals surface area contributed by atoms with Crippen molar-refractivity contribution in [3.05, 3.63) is 84.0 Å². The maximum Gasteiger partial charge on any atom is 0.330 e. The number of aromatic nitrogens is 3. The zero-order valence-electron chi connectivity index (χ0n) is 18.0. The zero-order valence-corrected chi connectivity index (χ0v) is 18.0. The van der Waals surface area contributed by atoms with Crippen LogP contribution in [0, 0.1) is 13.8 Å². The Balaban J connectivity index is 1.58. The zero-order chi connectivity index (χ0) is 22.5. The number of hydrogen-bond acceptors (Lipinski definition) is 7. The fourth-order valence-electron chi connectivity index (χ4n) is 3.13. The van der Waals surface area contributed by atoms with Crippen LogP contribution >= 0.6 is 0 Å². The van der Waals surface area contributed by atoms with Gasteiger partial charge in [0.05, 0.1) is 18.8 Å². The van der Waals surface area contributed by atoms with E-state index in [2.05, 4.69) is 25.0 Å². The van der Waals surface area contributed by atoms with Crippen LogP contribution in [0.5, 0.6) is 11.5 Å². The number of esters is 1. The summed E-state index contributed by atoms with van der Waals surface area (Å²) in [4.78, 5) is 24.4. The first-order chi connectivity index (χ1) is 15.5. The minimum atomic E-state index is -0.410. The topological polar surface area (TPSA) is 86.2 Å². The molecule has 4 rings (SSSR count). The van der Waals surface area contributed by atoms with Crippen LogP contribution in [-0.2, 0) is 9.53 Å². The van der Waals surface area contributed by atoms with Gasteiger partial charge in [0, 0.05) is 22.8 Å². The Morgan fingerprint density at radius 2 is 1.88 bits per heavy atom. The molecule has 0 unspecified atom stereocenters. The largest absolute Gasteiger partial charge is 0.466 e. The summed E-state index contributed by atoms with van der Waals surface area (Å²) in [6.45, 7) is 3.92. The van der Waals surface area contributed by atoms with Gasteiger partial charge >= 0.3 is 5.97 Å². The van der Waals surface area contributed by atoms with Gasteiger partial charge in [-0.05, 0) is 73.5 Å². The third-order valence-electron chi connectivity index (χ3n) is 4.82. The molecule has 2 aromatic heterocycles.